The fraction of sp³-hybridized carbons (Fsp3) is 0.455. The third-order valence-corrected chi connectivity index (χ3v) is 3.19. The lowest BCUT2D eigenvalue weighted by Gasteiger charge is -2.15. The summed E-state index contributed by atoms with van der Waals surface area (Å²) in [5.74, 6) is 1.28. The molecule has 17 heavy (non-hydrogen) atoms. The van der Waals surface area contributed by atoms with Crippen LogP contribution >= 0.6 is 0 Å². The van der Waals surface area contributed by atoms with Gasteiger partial charge in [0.15, 0.2) is 11.5 Å². The Hall–Kier alpha value is -1.85. The zero-order valence-electron chi connectivity index (χ0n) is 9.60. The van der Waals surface area contributed by atoms with Crippen LogP contribution < -0.4 is 10.6 Å². The summed E-state index contributed by atoms with van der Waals surface area (Å²) in [7, 11) is 0. The maximum Gasteiger partial charge on any atom is 0.162 e. The molecule has 1 saturated heterocycles. The minimum atomic E-state index is -0.746. The number of nitrogen functional groups attached to an aromatic ring is 1. The van der Waals surface area contributed by atoms with Crippen molar-refractivity contribution < 1.29 is 4.39 Å². The van der Waals surface area contributed by atoms with Gasteiger partial charge in [0.2, 0.25) is 0 Å². The summed E-state index contributed by atoms with van der Waals surface area (Å²) in [6.07, 6.45) is 1.64. The Labute approximate surface area is 98.0 Å². The summed E-state index contributed by atoms with van der Waals surface area (Å²) < 4.78 is 14.8. The van der Waals surface area contributed by atoms with E-state index >= 15 is 0 Å². The first-order valence-corrected chi connectivity index (χ1v) is 5.65. The van der Waals surface area contributed by atoms with Crippen molar-refractivity contribution in [3.8, 4) is 0 Å². The summed E-state index contributed by atoms with van der Waals surface area (Å²) in [5.41, 5.74) is 7.33. The maximum absolute atomic E-state index is 13.1. The molecule has 3 heterocycles. The lowest BCUT2D eigenvalue weighted by atomic mass is 10.3. The number of hydrogen-bond acceptors (Lipinski definition) is 4. The Bertz CT molecular complexity index is 564. The molecular weight excluding hydrogens is 221 g/mol. The van der Waals surface area contributed by atoms with Crippen LogP contribution in [-0.2, 0) is 0 Å². The zero-order chi connectivity index (χ0) is 12.0. The van der Waals surface area contributed by atoms with Crippen LogP contribution in [0.1, 0.15) is 12.0 Å². The average Bonchev–Trinajstić information content (AvgIpc) is 2.85. The van der Waals surface area contributed by atoms with Gasteiger partial charge < -0.3 is 10.6 Å². The van der Waals surface area contributed by atoms with Crippen molar-refractivity contribution in [1.82, 2.24) is 14.6 Å². The molecule has 0 bridgehead atoms. The van der Waals surface area contributed by atoms with E-state index in [1.54, 1.807) is 4.52 Å². The van der Waals surface area contributed by atoms with Crippen molar-refractivity contribution in [2.75, 3.05) is 23.7 Å². The van der Waals surface area contributed by atoms with E-state index in [2.05, 4.69) is 10.1 Å². The van der Waals surface area contributed by atoms with Crippen molar-refractivity contribution in [2.24, 2.45) is 0 Å². The molecule has 0 aliphatic carbocycles. The number of aromatic nitrogens is 3. The molecule has 6 heteroatoms. The molecule has 3 rings (SSSR count). The summed E-state index contributed by atoms with van der Waals surface area (Å²) in [6.45, 7) is 3.02. The van der Waals surface area contributed by atoms with Gasteiger partial charge in [0.1, 0.15) is 12.0 Å². The van der Waals surface area contributed by atoms with Gasteiger partial charge in [-0.15, -0.1) is 5.10 Å². The molecule has 90 valence electrons. The molecule has 1 aliphatic heterocycles. The van der Waals surface area contributed by atoms with Crippen LogP contribution in [0.3, 0.4) is 0 Å². The Balaban J connectivity index is 2.04. The molecular formula is C11H14FN5. The van der Waals surface area contributed by atoms with Crippen LogP contribution in [-0.4, -0.2) is 33.9 Å². The van der Waals surface area contributed by atoms with Gasteiger partial charge in [0.25, 0.3) is 0 Å². The van der Waals surface area contributed by atoms with E-state index in [0.717, 1.165) is 17.0 Å². The Morgan fingerprint density at radius 2 is 2.35 bits per heavy atom. The highest BCUT2D eigenvalue weighted by Gasteiger charge is 2.23. The lowest BCUT2D eigenvalue weighted by molar-refractivity contribution is 0.364. The van der Waals surface area contributed by atoms with E-state index in [9.17, 15) is 4.39 Å². The first kappa shape index (κ1) is 10.3. The monoisotopic (exact) mass is 235 g/mol. The molecule has 1 aliphatic rings. The van der Waals surface area contributed by atoms with E-state index in [1.165, 1.54) is 0 Å². The first-order chi connectivity index (χ1) is 8.15. The largest absolute Gasteiger partial charge is 0.382 e. The highest BCUT2D eigenvalue weighted by molar-refractivity contribution is 5.60. The second-order valence-electron chi connectivity index (χ2n) is 4.40. The smallest absolute Gasteiger partial charge is 0.162 e. The fourth-order valence-electron chi connectivity index (χ4n) is 2.15. The molecule has 0 amide bonds. The lowest BCUT2D eigenvalue weighted by Crippen LogP contribution is -2.21. The molecule has 1 fully saturated rings. The van der Waals surface area contributed by atoms with Crippen molar-refractivity contribution in [1.29, 1.82) is 0 Å². The van der Waals surface area contributed by atoms with E-state index in [1.807, 2.05) is 24.1 Å². The van der Waals surface area contributed by atoms with Crippen LogP contribution in [0.5, 0.6) is 0 Å². The average molecular weight is 235 g/mol. The third kappa shape index (κ3) is 1.60. The number of halogens is 1. The van der Waals surface area contributed by atoms with Gasteiger partial charge in [-0.25, -0.2) is 13.9 Å². The molecule has 2 aromatic heterocycles. The molecule has 2 N–H and O–H groups in total. The summed E-state index contributed by atoms with van der Waals surface area (Å²) in [4.78, 5) is 6.44. The van der Waals surface area contributed by atoms with Gasteiger partial charge in [-0.2, -0.15) is 0 Å². The Kier molecular flexibility index (Phi) is 2.17. The third-order valence-electron chi connectivity index (χ3n) is 3.19. The number of hydrogen-bond donors (Lipinski definition) is 1. The number of aryl methyl sites for hydroxylation is 1. The van der Waals surface area contributed by atoms with Gasteiger partial charge in [-0.3, -0.25) is 0 Å². The van der Waals surface area contributed by atoms with E-state index in [0.29, 0.717) is 25.3 Å². The summed E-state index contributed by atoms with van der Waals surface area (Å²) in [5, 5.41) is 4.13. The maximum atomic E-state index is 13.1. The molecule has 1 atom stereocenters. The van der Waals surface area contributed by atoms with Gasteiger partial charge in [-0.1, -0.05) is 0 Å². The minimum absolute atomic E-state index is 0.422. The van der Waals surface area contributed by atoms with Crippen LogP contribution in [0, 0.1) is 6.92 Å². The van der Waals surface area contributed by atoms with E-state index < -0.39 is 6.17 Å². The quantitative estimate of drug-likeness (QED) is 0.806. The van der Waals surface area contributed by atoms with Gasteiger partial charge in [0, 0.05) is 18.3 Å². The molecule has 0 saturated carbocycles. The normalized spacial score (nSPS) is 20.4. The summed E-state index contributed by atoms with van der Waals surface area (Å²) >= 11 is 0. The predicted octanol–water partition coefficient (Wildman–Crippen LogP) is 1.17. The molecule has 5 nitrogen and oxygen atoms in total. The predicted molar refractivity (Wildman–Crippen MR) is 63.9 cm³/mol. The van der Waals surface area contributed by atoms with Crippen molar-refractivity contribution in [3.05, 3.63) is 17.8 Å². The van der Waals surface area contributed by atoms with Gasteiger partial charge in [-0.05, 0) is 19.4 Å². The summed E-state index contributed by atoms with van der Waals surface area (Å²) in [6, 6.07) is 1.84. The van der Waals surface area contributed by atoms with Gasteiger partial charge >= 0.3 is 0 Å². The highest BCUT2D eigenvalue weighted by Crippen LogP contribution is 2.22. The second-order valence-corrected chi connectivity index (χ2v) is 4.40. The van der Waals surface area contributed by atoms with Gasteiger partial charge in [0.05, 0.1) is 6.54 Å². The standard InChI is InChI=1S/C11H14FN5/c1-7-10(13)15-17-5-3-9(14-11(7)17)16-4-2-8(12)6-16/h3,5,8H,2,4,6H2,1H3,(H2,13,15). The van der Waals surface area contributed by atoms with Crippen LogP contribution in [0.25, 0.3) is 5.65 Å². The van der Waals surface area contributed by atoms with E-state index in [4.69, 9.17) is 5.73 Å². The van der Waals surface area contributed by atoms with Crippen molar-refractivity contribution in [2.45, 2.75) is 19.5 Å². The molecule has 0 radical (unpaired) electrons. The molecule has 0 aromatic carbocycles. The minimum Gasteiger partial charge on any atom is -0.382 e. The van der Waals surface area contributed by atoms with Crippen molar-refractivity contribution >= 4 is 17.3 Å². The Morgan fingerprint density at radius 3 is 3.06 bits per heavy atom. The number of nitrogens with two attached hydrogens (primary N) is 1. The molecule has 1 unspecified atom stereocenters. The fourth-order valence-corrected chi connectivity index (χ4v) is 2.15. The first-order valence-electron chi connectivity index (χ1n) is 5.65. The van der Waals surface area contributed by atoms with Crippen LogP contribution in [0.4, 0.5) is 16.0 Å². The number of fused-ring (bicyclic) bond motifs is 1. The number of nitrogens with zero attached hydrogens (tertiary/aromatic N) is 4. The topological polar surface area (TPSA) is 59.4 Å². The highest BCUT2D eigenvalue weighted by atomic mass is 19.1. The van der Waals surface area contributed by atoms with Crippen LogP contribution in [0.15, 0.2) is 12.3 Å². The second kappa shape index (κ2) is 3.58. The molecule has 0 spiro atoms. The number of rotatable bonds is 1. The SMILES string of the molecule is Cc1c(N)nn2ccc(N3CCC(F)C3)nc12. The number of anilines is 2. The Morgan fingerprint density at radius 1 is 1.53 bits per heavy atom. The zero-order valence-corrected chi connectivity index (χ0v) is 9.60. The number of alkyl halides is 1. The van der Waals surface area contributed by atoms with Crippen LogP contribution in [0.2, 0.25) is 0 Å². The van der Waals surface area contributed by atoms with E-state index in [-0.39, 0.29) is 0 Å². The molecule has 2 aromatic rings. The van der Waals surface area contributed by atoms with Crippen molar-refractivity contribution in [3.63, 3.8) is 0 Å².